The molecule has 17 heteroatoms. The maximum absolute atomic E-state index is 10.3. The number of nitrogens with zero attached hydrogens (tertiary/aromatic N) is 12. The average molecular weight is 831 g/mol. The summed E-state index contributed by atoms with van der Waals surface area (Å²) in [5.74, 6) is 3.23. The summed E-state index contributed by atoms with van der Waals surface area (Å²) in [5, 5.41) is 22.1. The van der Waals surface area contributed by atoms with Gasteiger partial charge in [0.2, 0.25) is 0 Å². The molecule has 6 aromatic heterocycles. The quantitative estimate of drug-likeness (QED) is 0.208. The molecule has 0 radical (unpaired) electrons. The zero-order valence-corrected chi connectivity index (χ0v) is 34.3. The van der Waals surface area contributed by atoms with Gasteiger partial charge in [0.1, 0.15) is 33.7 Å². The van der Waals surface area contributed by atoms with E-state index in [0.717, 1.165) is 73.3 Å². The Balaban J connectivity index is 1.25. The van der Waals surface area contributed by atoms with Gasteiger partial charge in [-0.05, 0) is 111 Å². The van der Waals surface area contributed by atoms with Crippen LogP contribution in [0.25, 0.3) is 21.8 Å². The highest BCUT2D eigenvalue weighted by atomic mass is 28.4. The van der Waals surface area contributed by atoms with Crippen LogP contribution in [-0.2, 0) is 8.85 Å². The molecule has 2 aliphatic carbocycles. The number of fused-ring (bicyclic) bond motifs is 14. The van der Waals surface area contributed by atoms with Crippen LogP contribution in [0.4, 0.5) is 11.6 Å². The molecule has 306 valence electrons. The van der Waals surface area contributed by atoms with Crippen molar-refractivity contribution in [3.63, 3.8) is 0 Å². The first kappa shape index (κ1) is 36.8. The fraction of sp³-hybridized carbons (Fsp3) is 0.364. The highest BCUT2D eigenvalue weighted by molar-refractivity contribution is 6.66. The Kier molecular flexibility index (Phi) is 8.81. The molecule has 2 fully saturated rings. The lowest BCUT2D eigenvalue weighted by Crippen LogP contribution is -2.64. The fourth-order valence-electron chi connectivity index (χ4n) is 10.1. The van der Waals surface area contributed by atoms with E-state index in [1.165, 1.54) is 0 Å². The minimum atomic E-state index is -4.37. The Morgan fingerprint density at radius 3 is 1.72 bits per heavy atom. The monoisotopic (exact) mass is 830 g/mol. The van der Waals surface area contributed by atoms with Gasteiger partial charge in [-0.15, -0.1) is 0 Å². The molecular weight excluding hydrogens is 789 g/mol. The summed E-state index contributed by atoms with van der Waals surface area (Å²) in [6, 6.07) is 15.4. The molecule has 16 nitrogen and oxygen atoms in total. The Morgan fingerprint density at radius 2 is 1.05 bits per heavy atom. The molecule has 6 bridgehead atoms. The van der Waals surface area contributed by atoms with Crippen LogP contribution >= 0.6 is 0 Å². The zero-order chi connectivity index (χ0) is 40.7. The summed E-state index contributed by atoms with van der Waals surface area (Å²) in [6.45, 7) is 0.921. The first-order valence-electron chi connectivity index (χ1n) is 21.3. The predicted octanol–water partition coefficient (Wildman–Crippen LogP) is 4.58. The van der Waals surface area contributed by atoms with Gasteiger partial charge in [0.25, 0.3) is 0 Å². The number of amidine groups is 4. The second-order valence-corrected chi connectivity index (χ2v) is 19.4. The summed E-state index contributed by atoms with van der Waals surface area (Å²) in [7, 11) is -4.37. The molecule has 6 aliphatic rings. The molecule has 0 amide bonds. The maximum Gasteiger partial charge on any atom is 0.603 e. The first-order chi connectivity index (χ1) is 30.1. The van der Waals surface area contributed by atoms with Crippen LogP contribution in [-0.4, -0.2) is 97.3 Å². The van der Waals surface area contributed by atoms with Crippen LogP contribution in [0.1, 0.15) is 73.9 Å². The number of aliphatic hydroxyl groups excluding tert-OH is 2. The SMILES string of the molecule is OCC1CCCC(CO[Si]2(OCC3CCCC(CO)C3)n3c4c5cccnc5c3N=C3N=C(N=c5c6cccnc6c(n52)=NC2=NC(=N4)c4ncccc42)c2ncccc23)C1. The molecule has 4 unspecified atom stereocenters. The molecule has 4 aliphatic heterocycles. The van der Waals surface area contributed by atoms with Crippen LogP contribution in [0.15, 0.2) is 103 Å². The van der Waals surface area contributed by atoms with Crippen molar-refractivity contribution in [2.24, 2.45) is 53.6 Å². The van der Waals surface area contributed by atoms with Crippen molar-refractivity contribution in [1.29, 1.82) is 0 Å². The topological polar surface area (TPSA) is 194 Å². The number of aliphatic hydroxyl groups is 2. The summed E-state index contributed by atoms with van der Waals surface area (Å²) < 4.78 is 19.6. The van der Waals surface area contributed by atoms with Crippen molar-refractivity contribution in [2.45, 2.75) is 51.4 Å². The normalized spacial score (nSPS) is 24.8. The average Bonchev–Trinajstić information content (AvgIpc) is 4.03. The third kappa shape index (κ3) is 5.85. The second-order valence-electron chi connectivity index (χ2n) is 16.9. The van der Waals surface area contributed by atoms with E-state index in [0.29, 0.717) is 81.6 Å². The van der Waals surface area contributed by atoms with Gasteiger partial charge < -0.3 is 19.1 Å². The Bertz CT molecular complexity index is 2850. The van der Waals surface area contributed by atoms with E-state index >= 15 is 0 Å². The third-order valence-electron chi connectivity index (χ3n) is 13.0. The third-order valence-corrected chi connectivity index (χ3v) is 16.1. The number of hydrogen-bond acceptors (Lipinski definition) is 14. The summed E-state index contributed by atoms with van der Waals surface area (Å²) in [4.78, 5) is 51.5. The van der Waals surface area contributed by atoms with Gasteiger partial charge >= 0.3 is 8.88 Å². The standard InChI is InChI=1S/C44H42N12O4Si/c57-21-25-7-1-9-27(19-25)23-59-61(60-24-28-10-2-8-26(20-28)22-58)55-42-31-13-5-17-47-35(31)43(55)51-37-29-11-3-15-45-33(29)39(49-37)53-41-32-14-6-18-48-36(32)44(56(41)61)52-38-30-12-4-16-46-34(30)40(50-38)54-42/h3-6,11-18,25-28,57-58H,1-2,7-10,19-24H2. The number of pyridine rings is 4. The van der Waals surface area contributed by atoms with Gasteiger partial charge in [-0.1, -0.05) is 12.8 Å². The molecule has 0 aromatic carbocycles. The Morgan fingerprint density at radius 1 is 0.525 bits per heavy atom. The highest BCUT2D eigenvalue weighted by Gasteiger charge is 2.54. The van der Waals surface area contributed by atoms with Gasteiger partial charge in [0.15, 0.2) is 34.6 Å². The van der Waals surface area contributed by atoms with Crippen molar-refractivity contribution in [3.8, 4) is 0 Å². The van der Waals surface area contributed by atoms with E-state index in [-0.39, 0.29) is 36.9 Å². The summed E-state index contributed by atoms with van der Waals surface area (Å²) in [6.07, 6.45) is 14.5. The van der Waals surface area contributed by atoms with Crippen molar-refractivity contribution in [1.82, 2.24) is 28.4 Å². The van der Waals surface area contributed by atoms with E-state index in [1.54, 1.807) is 24.8 Å². The molecule has 0 saturated heterocycles. The molecule has 6 aromatic rings. The van der Waals surface area contributed by atoms with Crippen LogP contribution in [0.5, 0.6) is 0 Å². The fourth-order valence-corrected chi connectivity index (χ4v) is 13.5. The zero-order valence-electron chi connectivity index (χ0n) is 33.3. The van der Waals surface area contributed by atoms with Crippen LogP contribution < -0.4 is 11.0 Å². The lowest BCUT2D eigenvalue weighted by atomic mass is 9.82. The Hall–Kier alpha value is -5.98. The number of aliphatic imine (C=N–C) groups is 4. The Labute approximate surface area is 350 Å². The van der Waals surface area contributed by atoms with Crippen molar-refractivity contribution in [3.05, 3.63) is 107 Å². The van der Waals surface area contributed by atoms with E-state index in [4.69, 9.17) is 58.7 Å². The van der Waals surface area contributed by atoms with Crippen molar-refractivity contribution < 1.29 is 19.1 Å². The van der Waals surface area contributed by atoms with Gasteiger partial charge in [-0.3, -0.25) is 28.4 Å². The van der Waals surface area contributed by atoms with Crippen molar-refractivity contribution >= 4 is 65.7 Å². The summed E-state index contributed by atoms with van der Waals surface area (Å²) in [5.41, 5.74) is 4.77. The van der Waals surface area contributed by atoms with E-state index in [1.807, 2.05) is 57.0 Å². The predicted molar refractivity (Wildman–Crippen MR) is 229 cm³/mol. The number of aromatic nitrogens is 6. The smallest absolute Gasteiger partial charge is 0.396 e. The molecule has 0 spiro atoms. The van der Waals surface area contributed by atoms with Crippen LogP contribution in [0.2, 0.25) is 0 Å². The van der Waals surface area contributed by atoms with E-state index in [9.17, 15) is 10.2 Å². The van der Waals surface area contributed by atoms with Crippen LogP contribution in [0.3, 0.4) is 0 Å². The molecular formula is C44H42N12O4Si. The van der Waals surface area contributed by atoms with Gasteiger partial charge in [-0.2, -0.15) is 0 Å². The lowest BCUT2D eigenvalue weighted by Gasteiger charge is -2.37. The maximum atomic E-state index is 10.3. The highest BCUT2D eigenvalue weighted by Crippen LogP contribution is 2.43. The molecule has 12 rings (SSSR count). The van der Waals surface area contributed by atoms with Crippen LogP contribution in [0, 0.1) is 23.7 Å². The second kappa shape index (κ2) is 14.6. The minimum Gasteiger partial charge on any atom is -0.396 e. The van der Waals surface area contributed by atoms with E-state index < -0.39 is 8.88 Å². The largest absolute Gasteiger partial charge is 0.603 e. The molecule has 2 saturated carbocycles. The number of rotatable bonds is 8. The first-order valence-corrected chi connectivity index (χ1v) is 23.0. The molecule has 4 atom stereocenters. The van der Waals surface area contributed by atoms with E-state index in [2.05, 4.69) is 0 Å². The lowest BCUT2D eigenvalue weighted by molar-refractivity contribution is 0.0691. The van der Waals surface area contributed by atoms with Gasteiger partial charge in [-0.25, -0.2) is 30.0 Å². The van der Waals surface area contributed by atoms with Gasteiger partial charge in [0, 0.05) is 73.1 Å². The van der Waals surface area contributed by atoms with Crippen molar-refractivity contribution in [2.75, 3.05) is 26.4 Å². The minimum absolute atomic E-state index is 0.134. The van der Waals surface area contributed by atoms with Gasteiger partial charge in [0.05, 0.1) is 0 Å². The number of hydrogen-bond donors (Lipinski definition) is 2. The molecule has 2 N–H and O–H groups in total. The molecule has 10 heterocycles. The summed E-state index contributed by atoms with van der Waals surface area (Å²) >= 11 is 0. The molecule has 61 heavy (non-hydrogen) atoms.